The molecule has 4 heteroatoms. The Morgan fingerprint density at radius 3 is 2.81 bits per heavy atom. The van der Waals surface area contributed by atoms with Crippen LogP contribution in [0.25, 0.3) is 0 Å². The number of rotatable bonds is 5. The Morgan fingerprint density at radius 2 is 2.19 bits per heavy atom. The second-order valence-corrected chi connectivity index (χ2v) is 3.61. The molecule has 0 spiro atoms. The first-order valence-corrected chi connectivity index (χ1v) is 5.30. The summed E-state index contributed by atoms with van der Waals surface area (Å²) in [5, 5.41) is 8.58. The summed E-state index contributed by atoms with van der Waals surface area (Å²) in [4.78, 5) is 11.7. The molecule has 88 valence electrons. The van der Waals surface area contributed by atoms with Crippen LogP contribution in [0.15, 0.2) is 18.2 Å². The summed E-state index contributed by atoms with van der Waals surface area (Å²) >= 11 is 0. The smallest absolute Gasteiger partial charge is 0.340 e. The van der Waals surface area contributed by atoms with Gasteiger partial charge in [0.1, 0.15) is 0 Å². The van der Waals surface area contributed by atoms with Gasteiger partial charge < -0.3 is 15.6 Å². The van der Waals surface area contributed by atoms with Crippen LogP contribution in [0, 0.1) is 6.92 Å². The van der Waals surface area contributed by atoms with Crippen LogP contribution in [0.3, 0.4) is 0 Å². The summed E-state index contributed by atoms with van der Waals surface area (Å²) in [5.74, 6) is -0.395. The molecule has 0 atom stereocenters. The third-order valence-corrected chi connectivity index (χ3v) is 2.29. The van der Waals surface area contributed by atoms with Gasteiger partial charge >= 0.3 is 5.97 Å². The fourth-order valence-electron chi connectivity index (χ4n) is 1.42. The topological polar surface area (TPSA) is 72.6 Å². The number of unbranched alkanes of at least 4 members (excludes halogenated alkanes) is 1. The molecule has 0 amide bonds. The van der Waals surface area contributed by atoms with Gasteiger partial charge in [0, 0.05) is 12.3 Å². The molecule has 1 rings (SSSR count). The quantitative estimate of drug-likeness (QED) is 0.451. The number of nitrogens with two attached hydrogens (primary N) is 1. The molecular formula is C12H17NO3. The van der Waals surface area contributed by atoms with Crippen LogP contribution in [0.4, 0.5) is 5.69 Å². The highest BCUT2D eigenvalue weighted by Gasteiger charge is 2.13. The average Bonchev–Trinajstić information content (AvgIpc) is 2.24. The number of carbonyl (C=O) groups is 1. The van der Waals surface area contributed by atoms with Crippen molar-refractivity contribution in [2.45, 2.75) is 19.8 Å². The number of ether oxygens (including phenoxy) is 1. The Hall–Kier alpha value is -1.55. The van der Waals surface area contributed by atoms with Crippen LogP contribution in [0.1, 0.15) is 28.8 Å². The van der Waals surface area contributed by atoms with Crippen molar-refractivity contribution in [2.75, 3.05) is 18.9 Å². The number of esters is 1. The van der Waals surface area contributed by atoms with Crippen LogP contribution in [0.5, 0.6) is 0 Å². The number of hydrogen-bond acceptors (Lipinski definition) is 4. The molecule has 0 radical (unpaired) electrons. The zero-order valence-corrected chi connectivity index (χ0v) is 9.40. The summed E-state index contributed by atoms with van der Waals surface area (Å²) in [5.41, 5.74) is 7.40. The SMILES string of the molecule is Cc1cccc(N)c1C(=O)OCCCCO. The Balaban J connectivity index is 2.59. The summed E-state index contributed by atoms with van der Waals surface area (Å²) in [6.45, 7) is 2.25. The lowest BCUT2D eigenvalue weighted by atomic mass is 10.1. The monoisotopic (exact) mass is 223 g/mol. The lowest BCUT2D eigenvalue weighted by Crippen LogP contribution is -2.11. The normalized spacial score (nSPS) is 10.1. The Bertz CT molecular complexity index is 343. The maximum absolute atomic E-state index is 11.7. The van der Waals surface area contributed by atoms with Crippen LogP contribution < -0.4 is 5.73 Å². The molecule has 4 nitrogen and oxygen atoms in total. The van der Waals surface area contributed by atoms with E-state index in [1.165, 1.54) is 0 Å². The second-order valence-electron chi connectivity index (χ2n) is 3.61. The predicted octanol–water partition coefficient (Wildman–Crippen LogP) is 1.51. The van der Waals surface area contributed by atoms with E-state index in [9.17, 15) is 4.79 Å². The Labute approximate surface area is 95.0 Å². The molecule has 0 saturated carbocycles. The van der Waals surface area contributed by atoms with E-state index < -0.39 is 5.97 Å². The molecule has 0 aliphatic carbocycles. The summed E-state index contributed by atoms with van der Waals surface area (Å²) in [7, 11) is 0. The van der Waals surface area contributed by atoms with E-state index in [1.54, 1.807) is 12.1 Å². The van der Waals surface area contributed by atoms with Crippen molar-refractivity contribution >= 4 is 11.7 Å². The van der Waals surface area contributed by atoms with Gasteiger partial charge in [-0.1, -0.05) is 12.1 Å². The van der Waals surface area contributed by atoms with Crippen molar-refractivity contribution in [1.82, 2.24) is 0 Å². The Kier molecular flexibility index (Phi) is 4.79. The number of hydrogen-bond donors (Lipinski definition) is 2. The summed E-state index contributed by atoms with van der Waals surface area (Å²) in [6, 6.07) is 5.30. The van der Waals surface area contributed by atoms with Crippen molar-refractivity contribution in [3.05, 3.63) is 29.3 Å². The first kappa shape index (κ1) is 12.5. The van der Waals surface area contributed by atoms with Gasteiger partial charge in [-0.3, -0.25) is 0 Å². The van der Waals surface area contributed by atoms with E-state index in [1.807, 2.05) is 13.0 Å². The zero-order chi connectivity index (χ0) is 12.0. The molecule has 0 saturated heterocycles. The molecule has 0 heterocycles. The maximum atomic E-state index is 11.7. The van der Waals surface area contributed by atoms with E-state index in [4.69, 9.17) is 15.6 Å². The van der Waals surface area contributed by atoms with Gasteiger partial charge in [0.2, 0.25) is 0 Å². The standard InChI is InChI=1S/C12H17NO3/c1-9-5-4-6-10(13)11(9)12(15)16-8-3-2-7-14/h4-6,14H,2-3,7-8,13H2,1H3. The lowest BCUT2D eigenvalue weighted by Gasteiger charge is -2.09. The molecule has 1 aromatic rings. The van der Waals surface area contributed by atoms with Gasteiger partial charge in [-0.15, -0.1) is 0 Å². The molecule has 1 aromatic carbocycles. The minimum atomic E-state index is -0.395. The maximum Gasteiger partial charge on any atom is 0.340 e. The molecule has 0 fully saturated rings. The number of benzene rings is 1. The highest BCUT2D eigenvalue weighted by molar-refractivity contribution is 5.96. The van der Waals surface area contributed by atoms with Crippen LogP contribution in [-0.4, -0.2) is 24.3 Å². The molecular weight excluding hydrogens is 206 g/mol. The lowest BCUT2D eigenvalue weighted by molar-refractivity contribution is 0.0493. The zero-order valence-electron chi connectivity index (χ0n) is 9.40. The van der Waals surface area contributed by atoms with Crippen molar-refractivity contribution in [2.24, 2.45) is 0 Å². The molecule has 3 N–H and O–H groups in total. The fourth-order valence-corrected chi connectivity index (χ4v) is 1.42. The number of aliphatic hydroxyl groups excluding tert-OH is 1. The van der Waals surface area contributed by atoms with Crippen molar-refractivity contribution in [1.29, 1.82) is 0 Å². The summed E-state index contributed by atoms with van der Waals surface area (Å²) in [6.07, 6.45) is 1.30. The van der Waals surface area contributed by atoms with E-state index in [0.29, 0.717) is 30.7 Å². The highest BCUT2D eigenvalue weighted by atomic mass is 16.5. The fraction of sp³-hybridized carbons (Fsp3) is 0.417. The van der Waals surface area contributed by atoms with E-state index >= 15 is 0 Å². The van der Waals surface area contributed by atoms with Gasteiger partial charge in [0.25, 0.3) is 0 Å². The van der Waals surface area contributed by atoms with Gasteiger partial charge in [-0.05, 0) is 31.4 Å². The molecule has 0 bridgehead atoms. The highest BCUT2D eigenvalue weighted by Crippen LogP contribution is 2.17. The van der Waals surface area contributed by atoms with Gasteiger partial charge in [0.15, 0.2) is 0 Å². The van der Waals surface area contributed by atoms with Crippen molar-refractivity contribution < 1.29 is 14.6 Å². The number of anilines is 1. The average molecular weight is 223 g/mol. The van der Waals surface area contributed by atoms with E-state index in [-0.39, 0.29) is 6.61 Å². The first-order valence-electron chi connectivity index (χ1n) is 5.30. The van der Waals surface area contributed by atoms with Crippen LogP contribution in [0.2, 0.25) is 0 Å². The largest absolute Gasteiger partial charge is 0.462 e. The second kappa shape index (κ2) is 6.12. The molecule has 0 aliphatic rings. The Morgan fingerprint density at radius 1 is 1.44 bits per heavy atom. The van der Waals surface area contributed by atoms with Gasteiger partial charge in [-0.2, -0.15) is 0 Å². The molecule has 0 unspecified atom stereocenters. The first-order chi connectivity index (χ1) is 7.66. The van der Waals surface area contributed by atoms with Crippen LogP contribution >= 0.6 is 0 Å². The van der Waals surface area contributed by atoms with E-state index in [2.05, 4.69) is 0 Å². The minimum Gasteiger partial charge on any atom is -0.462 e. The molecule has 0 aliphatic heterocycles. The van der Waals surface area contributed by atoms with Crippen LogP contribution in [-0.2, 0) is 4.74 Å². The third-order valence-electron chi connectivity index (χ3n) is 2.29. The third kappa shape index (κ3) is 3.24. The molecule has 0 aromatic heterocycles. The van der Waals surface area contributed by atoms with E-state index in [0.717, 1.165) is 5.56 Å². The van der Waals surface area contributed by atoms with Crippen molar-refractivity contribution in [3.63, 3.8) is 0 Å². The minimum absolute atomic E-state index is 0.115. The molecule has 16 heavy (non-hydrogen) atoms. The van der Waals surface area contributed by atoms with Gasteiger partial charge in [0.05, 0.1) is 12.2 Å². The van der Waals surface area contributed by atoms with Crippen molar-refractivity contribution in [3.8, 4) is 0 Å². The number of aryl methyl sites for hydroxylation is 1. The predicted molar refractivity (Wildman–Crippen MR) is 62.2 cm³/mol. The summed E-state index contributed by atoms with van der Waals surface area (Å²) < 4.78 is 5.06. The number of aliphatic hydroxyl groups is 1. The number of carbonyl (C=O) groups excluding carboxylic acids is 1. The number of nitrogen functional groups attached to an aromatic ring is 1. The van der Waals surface area contributed by atoms with Gasteiger partial charge in [-0.25, -0.2) is 4.79 Å².